The van der Waals surface area contributed by atoms with Gasteiger partial charge in [-0.3, -0.25) is 37.3 Å². The number of phosphoric ester groups is 2. The van der Waals surface area contributed by atoms with Crippen molar-refractivity contribution in [3.8, 4) is 0 Å². The van der Waals surface area contributed by atoms with Crippen LogP contribution in [0.5, 0.6) is 0 Å². The van der Waals surface area contributed by atoms with Crippen LogP contribution in [0.2, 0.25) is 0 Å². The highest BCUT2D eigenvalue weighted by Gasteiger charge is 2.30. The van der Waals surface area contributed by atoms with Gasteiger partial charge in [0, 0.05) is 25.7 Å². The fourth-order valence-electron chi connectivity index (χ4n) is 12.0. The summed E-state index contributed by atoms with van der Waals surface area (Å²) in [6.07, 6.45) is 55.6. The molecule has 5 atom stereocenters. The summed E-state index contributed by atoms with van der Waals surface area (Å²) >= 11 is 0. The fourth-order valence-corrected chi connectivity index (χ4v) is 13.5. The number of aliphatic hydroxyl groups excluding tert-OH is 1. The minimum Gasteiger partial charge on any atom is -0.462 e. The maximum atomic E-state index is 13.1. The molecule has 0 aromatic rings. The number of carbonyl (C=O) groups is 4. The van der Waals surface area contributed by atoms with Crippen LogP contribution in [0.25, 0.3) is 0 Å². The lowest BCUT2D eigenvalue weighted by atomic mass is 10.0. The van der Waals surface area contributed by atoms with E-state index in [1.54, 1.807) is 0 Å². The van der Waals surface area contributed by atoms with Crippen molar-refractivity contribution in [1.82, 2.24) is 0 Å². The smallest absolute Gasteiger partial charge is 0.462 e. The average molecular weight is 1420 g/mol. The van der Waals surface area contributed by atoms with Gasteiger partial charge >= 0.3 is 39.5 Å². The highest BCUT2D eigenvalue weighted by atomic mass is 31.2. The van der Waals surface area contributed by atoms with Crippen LogP contribution < -0.4 is 0 Å². The highest BCUT2D eigenvalue weighted by molar-refractivity contribution is 7.47. The number of rotatable bonds is 76. The van der Waals surface area contributed by atoms with Gasteiger partial charge in [-0.2, -0.15) is 0 Å². The van der Waals surface area contributed by atoms with Crippen molar-refractivity contribution in [3.05, 3.63) is 0 Å². The minimum absolute atomic E-state index is 0.107. The summed E-state index contributed by atoms with van der Waals surface area (Å²) in [4.78, 5) is 72.9. The first kappa shape index (κ1) is 95.1. The number of carbonyl (C=O) groups excluding carboxylic acids is 4. The maximum absolute atomic E-state index is 13.1. The lowest BCUT2D eigenvalue weighted by Crippen LogP contribution is -2.30. The quantitative estimate of drug-likeness (QED) is 0.0222. The van der Waals surface area contributed by atoms with E-state index in [1.165, 1.54) is 205 Å². The van der Waals surface area contributed by atoms with Crippen LogP contribution in [0.15, 0.2) is 0 Å². The third kappa shape index (κ3) is 72.2. The molecular weight excluding hydrogens is 1270 g/mol. The van der Waals surface area contributed by atoms with E-state index in [0.717, 1.165) is 108 Å². The Labute approximate surface area is 594 Å². The second-order valence-electron chi connectivity index (χ2n) is 29.5. The Morgan fingerprint density at radius 1 is 0.278 bits per heavy atom. The Bertz CT molecular complexity index is 1890. The molecule has 0 saturated carbocycles. The predicted octanol–water partition coefficient (Wildman–Crippen LogP) is 23.0. The Morgan fingerprint density at radius 3 is 0.701 bits per heavy atom. The molecule has 97 heavy (non-hydrogen) atoms. The van der Waals surface area contributed by atoms with Gasteiger partial charge in [-0.05, 0) is 43.4 Å². The van der Waals surface area contributed by atoms with Crippen molar-refractivity contribution in [2.45, 2.75) is 420 Å². The Kier molecular flexibility index (Phi) is 67.1. The summed E-state index contributed by atoms with van der Waals surface area (Å²) in [7, 11) is -9.91. The second-order valence-corrected chi connectivity index (χ2v) is 32.4. The van der Waals surface area contributed by atoms with E-state index in [9.17, 15) is 43.2 Å². The topological polar surface area (TPSA) is 237 Å². The van der Waals surface area contributed by atoms with Gasteiger partial charge in [-0.1, -0.05) is 350 Å². The van der Waals surface area contributed by atoms with Gasteiger partial charge in [0.15, 0.2) is 12.2 Å². The van der Waals surface area contributed by atoms with E-state index in [0.29, 0.717) is 31.6 Å². The third-order valence-corrected chi connectivity index (χ3v) is 20.0. The van der Waals surface area contributed by atoms with Gasteiger partial charge in [0.2, 0.25) is 0 Å². The number of ether oxygens (including phenoxy) is 4. The van der Waals surface area contributed by atoms with Crippen LogP contribution in [0.3, 0.4) is 0 Å². The van der Waals surface area contributed by atoms with Crippen molar-refractivity contribution in [2.24, 2.45) is 17.8 Å². The van der Waals surface area contributed by atoms with Crippen molar-refractivity contribution in [2.75, 3.05) is 39.6 Å². The summed E-state index contributed by atoms with van der Waals surface area (Å²) < 4.78 is 68.6. The molecular formula is C78H152O17P2. The molecule has 0 aromatic heterocycles. The molecule has 0 aliphatic carbocycles. The van der Waals surface area contributed by atoms with Gasteiger partial charge in [-0.25, -0.2) is 9.13 Å². The summed E-state index contributed by atoms with van der Waals surface area (Å²) in [6, 6.07) is 0. The lowest BCUT2D eigenvalue weighted by Gasteiger charge is -2.21. The van der Waals surface area contributed by atoms with Crippen LogP contribution in [0.1, 0.15) is 402 Å². The molecule has 3 N–H and O–H groups in total. The van der Waals surface area contributed by atoms with Crippen molar-refractivity contribution in [1.29, 1.82) is 0 Å². The zero-order chi connectivity index (χ0) is 71.6. The number of aliphatic hydroxyl groups is 1. The monoisotopic (exact) mass is 1420 g/mol. The summed E-state index contributed by atoms with van der Waals surface area (Å²) in [6.45, 7) is 11.9. The molecule has 17 nitrogen and oxygen atoms in total. The average Bonchev–Trinajstić information content (AvgIpc) is 1.24. The van der Waals surface area contributed by atoms with Crippen LogP contribution >= 0.6 is 15.6 Å². The molecule has 0 fully saturated rings. The van der Waals surface area contributed by atoms with Crippen molar-refractivity contribution < 1.29 is 80.2 Å². The highest BCUT2D eigenvalue weighted by Crippen LogP contribution is 2.45. The third-order valence-electron chi connectivity index (χ3n) is 18.1. The largest absolute Gasteiger partial charge is 0.472 e. The van der Waals surface area contributed by atoms with Gasteiger partial charge in [0.1, 0.15) is 19.3 Å². The molecule has 576 valence electrons. The van der Waals surface area contributed by atoms with E-state index >= 15 is 0 Å². The normalized spacial score (nSPS) is 14.0. The lowest BCUT2D eigenvalue weighted by molar-refractivity contribution is -0.161. The zero-order valence-electron chi connectivity index (χ0n) is 63.5. The summed E-state index contributed by atoms with van der Waals surface area (Å²) in [5.41, 5.74) is 0. The predicted molar refractivity (Wildman–Crippen MR) is 395 cm³/mol. The standard InChI is InChI=1S/C78H152O17P2/c1-8-9-10-11-12-13-14-15-22-28-33-38-47-54-61-78(83)95-74(66-89-76(81)60-53-46-41-40-44-51-58-71(6)7)68-93-97(86,87)91-64-72(79)63-90-96(84,85)92-67-73(65-88-75(80)59-52-45-37-32-27-24-19-21-26-31-36-43-50-57-70(4)5)94-77(82)62-55-48-39-34-29-23-18-16-17-20-25-30-35-42-49-56-69(2)3/h69-74,79H,8-68H2,1-7H3,(H,84,85)(H,86,87)/t72-,73-,74-/m1/s1. The number of hydrogen-bond donors (Lipinski definition) is 3. The first-order valence-corrected chi connectivity index (χ1v) is 43.3. The van der Waals surface area contributed by atoms with E-state index in [-0.39, 0.29) is 25.7 Å². The van der Waals surface area contributed by atoms with Crippen LogP contribution in [-0.4, -0.2) is 96.7 Å². The van der Waals surface area contributed by atoms with Crippen molar-refractivity contribution >= 4 is 39.5 Å². The summed E-state index contributed by atoms with van der Waals surface area (Å²) in [5, 5.41) is 10.6. The Morgan fingerprint density at radius 2 is 0.474 bits per heavy atom. The zero-order valence-corrected chi connectivity index (χ0v) is 65.3. The van der Waals surface area contributed by atoms with Crippen molar-refractivity contribution in [3.63, 3.8) is 0 Å². The molecule has 0 rings (SSSR count). The first-order chi connectivity index (χ1) is 46.7. The van der Waals surface area contributed by atoms with Crippen LogP contribution in [0.4, 0.5) is 0 Å². The van der Waals surface area contributed by atoms with Crippen LogP contribution in [0, 0.1) is 17.8 Å². The van der Waals surface area contributed by atoms with E-state index in [4.69, 9.17) is 37.0 Å². The molecule has 0 radical (unpaired) electrons. The summed E-state index contributed by atoms with van der Waals surface area (Å²) in [5.74, 6) is 0.158. The number of hydrogen-bond acceptors (Lipinski definition) is 15. The second kappa shape index (κ2) is 68.5. The van der Waals surface area contributed by atoms with E-state index in [1.807, 2.05) is 0 Å². The molecule has 0 heterocycles. The number of esters is 4. The van der Waals surface area contributed by atoms with Gasteiger partial charge in [0.05, 0.1) is 26.4 Å². The molecule has 19 heteroatoms. The van der Waals surface area contributed by atoms with E-state index in [2.05, 4.69) is 48.5 Å². The first-order valence-electron chi connectivity index (χ1n) is 40.3. The molecule has 0 amide bonds. The minimum atomic E-state index is -4.96. The Balaban J connectivity index is 5.23. The molecule has 2 unspecified atom stereocenters. The maximum Gasteiger partial charge on any atom is 0.472 e. The molecule has 0 aliphatic rings. The number of phosphoric acid groups is 2. The molecule has 0 aromatic carbocycles. The Hall–Kier alpha value is -1.94. The van der Waals surface area contributed by atoms with Gasteiger partial charge in [-0.15, -0.1) is 0 Å². The molecule has 0 bridgehead atoms. The SMILES string of the molecule is CCCCCCCCCCCCCCCCC(=O)O[C@H](COC(=O)CCCCCCCCC(C)C)COP(=O)(O)OC[C@H](O)COP(=O)(O)OC[C@@H](COC(=O)CCCCCCCCCCCCCCCC(C)C)OC(=O)CCCCCCCCCCCCCCCCCC(C)C. The van der Waals surface area contributed by atoms with E-state index < -0.39 is 97.5 Å². The van der Waals surface area contributed by atoms with Gasteiger partial charge in [0.25, 0.3) is 0 Å². The molecule has 0 spiro atoms. The molecule has 0 saturated heterocycles. The number of unbranched alkanes of at least 4 members (excludes halogenated alkanes) is 44. The molecule has 0 aliphatic heterocycles. The van der Waals surface area contributed by atoms with Gasteiger partial charge < -0.3 is 33.8 Å². The fraction of sp³-hybridized carbons (Fsp3) is 0.949. The van der Waals surface area contributed by atoms with Crippen LogP contribution in [-0.2, 0) is 65.4 Å².